The Balaban J connectivity index is 1.42. The lowest BCUT2D eigenvalue weighted by Gasteiger charge is -2.05. The second kappa shape index (κ2) is 9.84. The Morgan fingerprint density at radius 2 is 1.83 bits per heavy atom. The minimum Gasteiger partial charge on any atom is -0.456 e. The van der Waals surface area contributed by atoms with Gasteiger partial charge < -0.3 is 14.6 Å². The third-order valence-corrected chi connectivity index (χ3v) is 4.42. The van der Waals surface area contributed by atoms with Crippen LogP contribution in [0.4, 0.5) is 0 Å². The van der Waals surface area contributed by atoms with Crippen LogP contribution in [0.1, 0.15) is 35.2 Å². The molecular weight excluding hydrogens is 394 g/mol. The molecule has 1 heterocycles. The van der Waals surface area contributed by atoms with Crippen LogP contribution in [-0.4, -0.2) is 28.6 Å². The molecule has 29 heavy (non-hydrogen) atoms. The Hall–Kier alpha value is -3.19. The number of aryl methyl sites for hydroxylation is 1. The number of carbonyl (C=O) groups excluding carboxylic acids is 2. The van der Waals surface area contributed by atoms with Crippen molar-refractivity contribution in [3.63, 3.8) is 0 Å². The van der Waals surface area contributed by atoms with Gasteiger partial charge in [-0.1, -0.05) is 47.9 Å². The van der Waals surface area contributed by atoms with E-state index in [-0.39, 0.29) is 31.4 Å². The van der Waals surface area contributed by atoms with Crippen LogP contribution in [0.3, 0.4) is 0 Å². The van der Waals surface area contributed by atoms with Gasteiger partial charge in [-0.25, -0.2) is 0 Å². The zero-order valence-corrected chi connectivity index (χ0v) is 16.6. The molecule has 150 valence electrons. The summed E-state index contributed by atoms with van der Waals surface area (Å²) in [5.74, 6) is -0.120. The van der Waals surface area contributed by atoms with Crippen LogP contribution < -0.4 is 5.32 Å². The first-order valence-corrected chi connectivity index (χ1v) is 9.54. The number of nitrogens with one attached hydrogen (secondary N) is 1. The fourth-order valence-corrected chi connectivity index (χ4v) is 2.64. The van der Waals surface area contributed by atoms with Crippen molar-refractivity contribution in [3.8, 4) is 11.4 Å². The van der Waals surface area contributed by atoms with Crippen LogP contribution in [0.5, 0.6) is 0 Å². The minimum absolute atomic E-state index is 0.0266. The topological polar surface area (TPSA) is 94.3 Å². The van der Waals surface area contributed by atoms with Crippen molar-refractivity contribution in [3.05, 3.63) is 70.6 Å². The lowest BCUT2D eigenvalue weighted by Crippen LogP contribution is -2.26. The first-order chi connectivity index (χ1) is 14.0. The average Bonchev–Trinajstić information content (AvgIpc) is 3.22. The molecule has 0 fully saturated rings. The molecule has 0 aliphatic carbocycles. The van der Waals surface area contributed by atoms with Crippen LogP contribution in [0.2, 0.25) is 5.02 Å². The Morgan fingerprint density at radius 1 is 1.10 bits per heavy atom. The number of nitrogens with zero attached hydrogens (tertiary/aromatic N) is 2. The molecule has 0 spiro atoms. The number of halogens is 1. The van der Waals surface area contributed by atoms with Gasteiger partial charge in [0.15, 0.2) is 6.61 Å². The van der Waals surface area contributed by atoms with Gasteiger partial charge in [0.2, 0.25) is 5.82 Å². The van der Waals surface area contributed by atoms with Crippen LogP contribution >= 0.6 is 11.6 Å². The number of benzene rings is 2. The zero-order valence-electron chi connectivity index (χ0n) is 15.9. The van der Waals surface area contributed by atoms with Gasteiger partial charge in [-0.05, 0) is 36.2 Å². The summed E-state index contributed by atoms with van der Waals surface area (Å²) < 4.78 is 10.2. The second-order valence-corrected chi connectivity index (χ2v) is 6.67. The summed E-state index contributed by atoms with van der Waals surface area (Å²) in [6.45, 7) is 2.11. The van der Waals surface area contributed by atoms with Gasteiger partial charge in [0.05, 0.1) is 6.42 Å². The lowest BCUT2D eigenvalue weighted by atomic mass is 10.1. The number of rotatable bonds is 8. The molecule has 0 unspecified atom stereocenters. The van der Waals surface area contributed by atoms with Crippen molar-refractivity contribution in [1.82, 2.24) is 15.5 Å². The van der Waals surface area contributed by atoms with Crippen molar-refractivity contribution >= 4 is 23.5 Å². The van der Waals surface area contributed by atoms with Gasteiger partial charge in [0.25, 0.3) is 11.8 Å². The second-order valence-electron chi connectivity index (χ2n) is 6.24. The summed E-state index contributed by atoms with van der Waals surface area (Å²) in [7, 11) is 0. The smallest absolute Gasteiger partial charge is 0.308 e. The summed E-state index contributed by atoms with van der Waals surface area (Å²) in [6, 6.07) is 14.3. The van der Waals surface area contributed by atoms with E-state index in [0.29, 0.717) is 16.4 Å². The Bertz CT molecular complexity index is 968. The van der Waals surface area contributed by atoms with Gasteiger partial charge in [0, 0.05) is 22.7 Å². The number of carbonyl (C=O) groups is 2. The SMILES string of the molecule is CCc1ccc(-c2noc(COC(=O)CCNC(=O)c3ccc(Cl)cc3)n2)cc1. The molecule has 0 saturated heterocycles. The molecule has 8 heteroatoms. The molecule has 3 aromatic rings. The average molecular weight is 414 g/mol. The predicted octanol–water partition coefficient (Wildman–Crippen LogP) is 3.82. The van der Waals surface area contributed by atoms with Crippen LogP contribution in [0.15, 0.2) is 53.1 Å². The molecular formula is C21H20ClN3O4. The molecule has 1 amide bonds. The molecule has 0 radical (unpaired) electrons. The van der Waals surface area contributed by atoms with E-state index in [9.17, 15) is 9.59 Å². The van der Waals surface area contributed by atoms with Crippen molar-refractivity contribution in [2.45, 2.75) is 26.4 Å². The minimum atomic E-state index is -0.478. The largest absolute Gasteiger partial charge is 0.456 e. The van der Waals surface area contributed by atoms with E-state index < -0.39 is 5.97 Å². The first kappa shape index (κ1) is 20.5. The third-order valence-electron chi connectivity index (χ3n) is 4.17. The standard InChI is InChI=1S/C21H20ClN3O4/c1-2-14-3-5-15(6-4-14)20-24-18(29-25-20)13-28-19(26)11-12-23-21(27)16-7-9-17(22)10-8-16/h3-10H,2,11-13H2,1H3,(H,23,27). The number of amides is 1. The molecule has 0 saturated carbocycles. The third kappa shape index (κ3) is 5.89. The summed E-state index contributed by atoms with van der Waals surface area (Å²) in [4.78, 5) is 28.0. The first-order valence-electron chi connectivity index (χ1n) is 9.16. The molecule has 2 aromatic carbocycles. The number of aromatic nitrogens is 2. The van der Waals surface area contributed by atoms with Crippen molar-refractivity contribution in [1.29, 1.82) is 0 Å². The lowest BCUT2D eigenvalue weighted by molar-refractivity contribution is -0.145. The van der Waals surface area contributed by atoms with Gasteiger partial charge >= 0.3 is 5.97 Å². The van der Waals surface area contributed by atoms with Gasteiger partial charge in [0.1, 0.15) is 0 Å². The molecule has 3 rings (SSSR count). The molecule has 0 bridgehead atoms. The number of hydrogen-bond acceptors (Lipinski definition) is 6. The quantitative estimate of drug-likeness (QED) is 0.564. The van der Waals surface area contributed by atoms with E-state index in [1.165, 1.54) is 5.56 Å². The summed E-state index contributed by atoms with van der Waals surface area (Å²) >= 11 is 5.79. The highest BCUT2D eigenvalue weighted by Gasteiger charge is 2.12. The molecule has 1 aromatic heterocycles. The van der Waals surface area contributed by atoms with Gasteiger partial charge in [-0.15, -0.1) is 0 Å². The fourth-order valence-electron chi connectivity index (χ4n) is 2.52. The van der Waals surface area contributed by atoms with E-state index in [1.54, 1.807) is 24.3 Å². The molecule has 0 aliphatic heterocycles. The van der Waals surface area contributed by atoms with Crippen LogP contribution in [-0.2, 0) is 22.6 Å². The van der Waals surface area contributed by atoms with E-state index >= 15 is 0 Å². The normalized spacial score (nSPS) is 10.6. The zero-order chi connectivity index (χ0) is 20.6. The maximum Gasteiger partial charge on any atom is 0.308 e. The maximum atomic E-state index is 12.0. The fraction of sp³-hybridized carbons (Fsp3) is 0.238. The monoisotopic (exact) mass is 413 g/mol. The van der Waals surface area contributed by atoms with E-state index in [2.05, 4.69) is 22.4 Å². The number of esters is 1. The van der Waals surface area contributed by atoms with E-state index in [0.717, 1.165) is 12.0 Å². The van der Waals surface area contributed by atoms with Crippen LogP contribution in [0.25, 0.3) is 11.4 Å². The van der Waals surface area contributed by atoms with Crippen molar-refractivity contribution < 1.29 is 18.8 Å². The summed E-state index contributed by atoms with van der Waals surface area (Å²) in [6.07, 6.45) is 0.979. The molecule has 7 nitrogen and oxygen atoms in total. The molecule has 1 N–H and O–H groups in total. The summed E-state index contributed by atoms with van der Waals surface area (Å²) in [5.41, 5.74) is 2.51. The highest BCUT2D eigenvalue weighted by atomic mass is 35.5. The maximum absolute atomic E-state index is 12.0. The van der Waals surface area contributed by atoms with Crippen molar-refractivity contribution in [2.75, 3.05) is 6.54 Å². The number of ether oxygens (including phenoxy) is 1. The van der Waals surface area contributed by atoms with E-state index in [1.807, 2.05) is 24.3 Å². The van der Waals surface area contributed by atoms with Crippen LogP contribution in [0, 0.1) is 0 Å². The predicted molar refractivity (Wildman–Crippen MR) is 107 cm³/mol. The Kier molecular flexibility index (Phi) is 6.97. The van der Waals surface area contributed by atoms with Gasteiger partial charge in [-0.3, -0.25) is 9.59 Å². The van der Waals surface area contributed by atoms with Crippen molar-refractivity contribution in [2.24, 2.45) is 0 Å². The molecule has 0 atom stereocenters. The summed E-state index contributed by atoms with van der Waals surface area (Å²) in [5, 5.41) is 7.10. The van der Waals surface area contributed by atoms with E-state index in [4.69, 9.17) is 20.9 Å². The Morgan fingerprint density at radius 3 is 2.52 bits per heavy atom. The van der Waals surface area contributed by atoms with Gasteiger partial charge in [-0.2, -0.15) is 4.98 Å². The number of hydrogen-bond donors (Lipinski definition) is 1. The molecule has 0 aliphatic rings. The Labute approximate surface area is 173 Å². The highest BCUT2D eigenvalue weighted by molar-refractivity contribution is 6.30. The highest BCUT2D eigenvalue weighted by Crippen LogP contribution is 2.17.